The molecule has 0 radical (unpaired) electrons. The number of hydrogen-bond donors (Lipinski definition) is 0. The van der Waals surface area contributed by atoms with Crippen molar-refractivity contribution in [1.29, 1.82) is 0 Å². The fraction of sp³-hybridized carbons (Fsp3) is 0.213. The van der Waals surface area contributed by atoms with Crippen molar-refractivity contribution < 1.29 is 13.7 Å². The van der Waals surface area contributed by atoms with E-state index in [1.807, 2.05) is 0 Å². The van der Waals surface area contributed by atoms with Crippen molar-refractivity contribution in [1.82, 2.24) is 0 Å². The van der Waals surface area contributed by atoms with Crippen LogP contribution in [-0.2, 0) is 6.54 Å². The zero-order valence-electron chi connectivity index (χ0n) is 30.3. The molecule has 1 aliphatic rings. The molecule has 3 aromatic heterocycles. The topological polar surface area (TPSA) is 11.6 Å². The van der Waals surface area contributed by atoms with Crippen LogP contribution in [0.5, 0.6) is 0 Å². The van der Waals surface area contributed by atoms with E-state index in [0.717, 1.165) is 6.54 Å². The fourth-order valence-electron chi connectivity index (χ4n) is 8.56. The van der Waals surface area contributed by atoms with Crippen molar-refractivity contribution in [3.8, 4) is 33.8 Å². The lowest BCUT2D eigenvalue weighted by Gasteiger charge is -2.21. The van der Waals surface area contributed by atoms with Crippen LogP contribution in [0.1, 0.15) is 56.9 Å². The third kappa shape index (κ3) is 5.24. The Morgan fingerprint density at radius 2 is 1.28 bits per heavy atom. The predicted octanol–water partition coefficient (Wildman–Crippen LogP) is 9.71. The Morgan fingerprint density at radius 3 is 2.08 bits per heavy atom. The summed E-state index contributed by atoms with van der Waals surface area (Å²) in [7, 11) is 0. The smallest absolute Gasteiger partial charge is 0.190 e. The number of aromatic nitrogens is 3. The van der Waals surface area contributed by atoms with Crippen LogP contribution in [0.25, 0.3) is 44.5 Å². The fourth-order valence-corrected chi connectivity index (χ4v) is 8.56. The number of nitrogens with zero attached hydrogens (tertiary/aromatic N) is 3. The quantitative estimate of drug-likeness (QED) is 0.159. The van der Waals surface area contributed by atoms with E-state index in [0.29, 0.717) is 0 Å². The number of rotatable bonds is 6. The summed E-state index contributed by atoms with van der Waals surface area (Å²) in [5.74, 6) is 0. The second-order valence-electron chi connectivity index (χ2n) is 14.4. The maximum atomic E-state index is 2.64. The van der Waals surface area contributed by atoms with Gasteiger partial charge in [0, 0.05) is 55.3 Å². The summed E-state index contributed by atoms with van der Waals surface area (Å²) in [5.41, 5.74) is 18.1. The van der Waals surface area contributed by atoms with Crippen molar-refractivity contribution in [3.63, 3.8) is 0 Å². The van der Waals surface area contributed by atoms with Crippen LogP contribution in [0.3, 0.4) is 0 Å². The number of aryl methyl sites for hydroxylation is 6. The van der Waals surface area contributed by atoms with Gasteiger partial charge in [-0.2, -0.15) is 13.7 Å². The Labute approximate surface area is 296 Å². The molecule has 8 rings (SSSR count). The van der Waals surface area contributed by atoms with E-state index < -0.39 is 0 Å². The molecule has 0 saturated carbocycles. The summed E-state index contributed by atoms with van der Waals surface area (Å²) < 4.78 is 7.81. The van der Waals surface area contributed by atoms with Crippen LogP contribution in [-0.4, -0.2) is 0 Å². The highest BCUT2D eigenvalue weighted by Crippen LogP contribution is 2.40. The average Bonchev–Trinajstić information content (AvgIpc) is 3.44. The molecule has 0 amide bonds. The summed E-state index contributed by atoms with van der Waals surface area (Å²) >= 11 is 0. The highest BCUT2D eigenvalue weighted by atomic mass is 15.2. The number of fused-ring (bicyclic) bond motifs is 4. The minimum Gasteiger partial charge on any atom is -0.190 e. The van der Waals surface area contributed by atoms with E-state index in [1.165, 1.54) is 89.3 Å². The summed E-state index contributed by atoms with van der Waals surface area (Å²) in [6.45, 7) is 16.5. The van der Waals surface area contributed by atoms with Crippen molar-refractivity contribution in [2.75, 3.05) is 0 Å². The summed E-state index contributed by atoms with van der Waals surface area (Å²) in [6.07, 6.45) is 2.34. The molecular formula is C47H46N3+3. The minimum atomic E-state index is 0.0385. The van der Waals surface area contributed by atoms with Gasteiger partial charge in [0.15, 0.2) is 17.6 Å². The molecule has 3 nitrogen and oxygen atoms in total. The molecule has 7 aromatic rings. The van der Waals surface area contributed by atoms with Crippen molar-refractivity contribution in [3.05, 3.63) is 172 Å². The van der Waals surface area contributed by atoms with Crippen molar-refractivity contribution >= 4 is 10.8 Å². The van der Waals surface area contributed by atoms with E-state index in [-0.39, 0.29) is 12.1 Å². The molecule has 4 heterocycles. The Hall–Kier alpha value is -5.41. The summed E-state index contributed by atoms with van der Waals surface area (Å²) in [4.78, 5) is 0. The second-order valence-corrected chi connectivity index (χ2v) is 14.4. The van der Waals surface area contributed by atoms with Gasteiger partial charge in [0.2, 0.25) is 23.6 Å². The maximum Gasteiger partial charge on any atom is 0.282 e. The standard InChI is InChI=1S/C47H46N3/c1-30-22-23-37-24-25-48(46(42(37)27-30)41-28-31(2)26-33(4)36(41)7)29-45(49-34(5)15-12-20-43(49)38-17-9-8-14-32(38)3)47-40-19-11-10-18-39(40)44-21-13-16-35(6)50(44)47/h8-28,45,47H,29H2,1-7H3/q+3. The van der Waals surface area contributed by atoms with Gasteiger partial charge in [0.05, 0.1) is 16.5 Å². The first-order chi connectivity index (χ1) is 24.2. The highest BCUT2D eigenvalue weighted by molar-refractivity contribution is 5.94. The normalized spacial score (nSPS) is 14.1. The van der Waals surface area contributed by atoms with Crippen molar-refractivity contribution in [2.45, 2.75) is 67.1 Å². The van der Waals surface area contributed by atoms with Crippen molar-refractivity contribution in [2.24, 2.45) is 0 Å². The molecule has 0 N–H and O–H groups in total. The molecule has 0 fully saturated rings. The lowest BCUT2D eigenvalue weighted by Crippen LogP contribution is -2.60. The van der Waals surface area contributed by atoms with E-state index in [4.69, 9.17) is 0 Å². The second kappa shape index (κ2) is 12.5. The highest BCUT2D eigenvalue weighted by Gasteiger charge is 2.51. The van der Waals surface area contributed by atoms with Crippen LogP contribution in [0.2, 0.25) is 0 Å². The van der Waals surface area contributed by atoms with Crippen LogP contribution >= 0.6 is 0 Å². The third-order valence-electron chi connectivity index (χ3n) is 11.0. The van der Waals surface area contributed by atoms with Gasteiger partial charge in [-0.25, -0.2) is 0 Å². The first-order valence-electron chi connectivity index (χ1n) is 17.9. The van der Waals surface area contributed by atoms with Gasteiger partial charge in [0.1, 0.15) is 0 Å². The van der Waals surface area contributed by atoms with Gasteiger partial charge in [-0.1, -0.05) is 65.7 Å². The molecule has 0 spiro atoms. The molecule has 0 bridgehead atoms. The van der Waals surface area contributed by atoms with Gasteiger partial charge < -0.3 is 0 Å². The lowest BCUT2D eigenvalue weighted by molar-refractivity contribution is -0.841. The van der Waals surface area contributed by atoms with Crippen LogP contribution in [0, 0.1) is 48.5 Å². The Kier molecular flexibility index (Phi) is 7.95. The van der Waals surface area contributed by atoms with E-state index in [2.05, 4.69) is 190 Å². The Morgan fingerprint density at radius 1 is 0.560 bits per heavy atom. The molecule has 2 unspecified atom stereocenters. The monoisotopic (exact) mass is 652 g/mol. The van der Waals surface area contributed by atoms with E-state index >= 15 is 0 Å². The lowest BCUT2D eigenvalue weighted by atomic mass is 9.92. The average molecular weight is 653 g/mol. The van der Waals surface area contributed by atoms with Gasteiger partial charge in [-0.05, 0) is 93.1 Å². The van der Waals surface area contributed by atoms with Crippen LogP contribution in [0.4, 0.5) is 0 Å². The molecule has 0 saturated heterocycles. The first-order valence-corrected chi connectivity index (χ1v) is 17.9. The first kappa shape index (κ1) is 31.8. The number of benzene rings is 4. The van der Waals surface area contributed by atoms with Gasteiger partial charge in [-0.3, -0.25) is 0 Å². The number of pyridine rings is 3. The zero-order chi connectivity index (χ0) is 34.7. The number of hydrogen-bond acceptors (Lipinski definition) is 0. The molecule has 3 heteroatoms. The van der Waals surface area contributed by atoms with E-state index in [9.17, 15) is 0 Å². The SMILES string of the molecule is Cc1cc(C)c(C)c(-c2c3cc(C)ccc3cc[n+]2CC(C2c3ccccc3-c3cccc(C)[n+]32)[n+]2c(C)cccc2-c2ccccc2C)c1. The van der Waals surface area contributed by atoms with E-state index in [1.54, 1.807) is 0 Å². The molecule has 0 aliphatic carbocycles. The van der Waals surface area contributed by atoms with Gasteiger partial charge >= 0.3 is 0 Å². The third-order valence-corrected chi connectivity index (χ3v) is 11.0. The molecule has 50 heavy (non-hydrogen) atoms. The van der Waals surface area contributed by atoms with Crippen LogP contribution in [0.15, 0.2) is 128 Å². The summed E-state index contributed by atoms with van der Waals surface area (Å²) in [5, 5.41) is 2.56. The van der Waals surface area contributed by atoms with Crippen LogP contribution < -0.4 is 13.7 Å². The molecule has 4 aromatic carbocycles. The molecule has 1 aliphatic heterocycles. The predicted molar refractivity (Wildman–Crippen MR) is 204 cm³/mol. The minimum absolute atomic E-state index is 0.0385. The van der Waals surface area contributed by atoms with Gasteiger partial charge in [-0.15, -0.1) is 0 Å². The Balaban J connectivity index is 1.46. The Bertz CT molecular complexity index is 2450. The zero-order valence-corrected chi connectivity index (χ0v) is 30.3. The van der Waals surface area contributed by atoms with Gasteiger partial charge in [0.25, 0.3) is 12.1 Å². The molecule has 246 valence electrons. The largest absolute Gasteiger partial charge is 0.282 e. The summed E-state index contributed by atoms with van der Waals surface area (Å²) in [6, 6.07) is 45.5. The molecule has 2 atom stereocenters. The molecular weight excluding hydrogens is 607 g/mol. The maximum absolute atomic E-state index is 2.64.